The molecule has 0 bridgehead atoms. The van der Waals surface area contributed by atoms with E-state index in [1.54, 1.807) is 12.1 Å². The van der Waals surface area contributed by atoms with Crippen LogP contribution in [0.5, 0.6) is 0 Å². The van der Waals surface area contributed by atoms with Gasteiger partial charge in [0.2, 0.25) is 0 Å². The van der Waals surface area contributed by atoms with E-state index in [-0.39, 0.29) is 5.82 Å². The largest absolute Gasteiger partial charge is 0.328 e. The molecule has 0 saturated heterocycles. The number of rotatable bonds is 3. The Morgan fingerprint density at radius 3 is 2.56 bits per heavy atom. The van der Waals surface area contributed by atoms with Crippen molar-refractivity contribution in [1.82, 2.24) is 5.32 Å². The van der Waals surface area contributed by atoms with Gasteiger partial charge in [0.15, 0.2) is 0 Å². The Morgan fingerprint density at radius 1 is 1.11 bits per heavy atom. The zero-order chi connectivity index (χ0) is 12.5. The molecule has 2 aliphatic carbocycles. The summed E-state index contributed by atoms with van der Waals surface area (Å²) in [7, 11) is 0. The van der Waals surface area contributed by atoms with Crippen LogP contribution in [0.1, 0.15) is 43.6 Å². The highest BCUT2D eigenvalue weighted by molar-refractivity contribution is 5.29. The van der Waals surface area contributed by atoms with Crippen LogP contribution >= 0.6 is 0 Å². The first kappa shape index (κ1) is 12.1. The van der Waals surface area contributed by atoms with E-state index in [1.807, 2.05) is 12.1 Å². The van der Waals surface area contributed by atoms with Gasteiger partial charge >= 0.3 is 0 Å². The molecule has 2 saturated carbocycles. The lowest BCUT2D eigenvalue weighted by Gasteiger charge is -2.27. The van der Waals surface area contributed by atoms with Crippen molar-refractivity contribution in [2.75, 3.05) is 0 Å². The van der Waals surface area contributed by atoms with Gasteiger partial charge in [0, 0.05) is 24.0 Å². The second-order valence-corrected chi connectivity index (χ2v) is 5.75. The van der Waals surface area contributed by atoms with E-state index in [4.69, 9.17) is 5.73 Å². The molecule has 2 fully saturated rings. The van der Waals surface area contributed by atoms with E-state index in [9.17, 15) is 4.39 Å². The van der Waals surface area contributed by atoms with E-state index in [2.05, 4.69) is 5.32 Å². The van der Waals surface area contributed by atoms with Crippen molar-refractivity contribution < 1.29 is 4.39 Å². The molecule has 0 heterocycles. The minimum Gasteiger partial charge on any atom is -0.328 e. The molecule has 0 aromatic heterocycles. The van der Waals surface area contributed by atoms with Gasteiger partial charge in [-0.3, -0.25) is 0 Å². The van der Waals surface area contributed by atoms with Gasteiger partial charge in [-0.05, 0) is 43.7 Å². The monoisotopic (exact) mass is 248 g/mol. The molecule has 0 unspecified atom stereocenters. The first-order valence-electron chi connectivity index (χ1n) is 7.00. The Balaban J connectivity index is 1.54. The van der Waals surface area contributed by atoms with Crippen molar-refractivity contribution in [1.29, 1.82) is 0 Å². The summed E-state index contributed by atoms with van der Waals surface area (Å²) in [5, 5.41) is 3.67. The smallest absolute Gasteiger partial charge is 0.126 e. The first-order valence-corrected chi connectivity index (χ1v) is 7.00. The molecule has 1 aromatic rings. The Bertz CT molecular complexity index is 413. The van der Waals surface area contributed by atoms with Crippen molar-refractivity contribution in [3.63, 3.8) is 0 Å². The van der Waals surface area contributed by atoms with Gasteiger partial charge in [-0.2, -0.15) is 0 Å². The summed E-state index contributed by atoms with van der Waals surface area (Å²) in [5.41, 5.74) is 6.78. The van der Waals surface area contributed by atoms with E-state index in [1.165, 1.54) is 12.8 Å². The van der Waals surface area contributed by atoms with Crippen molar-refractivity contribution in [2.24, 2.45) is 5.73 Å². The zero-order valence-corrected chi connectivity index (χ0v) is 10.6. The molecule has 2 atom stereocenters. The highest BCUT2D eigenvalue weighted by Crippen LogP contribution is 2.42. The van der Waals surface area contributed by atoms with Crippen molar-refractivity contribution in [3.05, 3.63) is 35.6 Å². The molecular weight excluding hydrogens is 227 g/mol. The quantitative estimate of drug-likeness (QED) is 0.862. The van der Waals surface area contributed by atoms with Gasteiger partial charge in [0.05, 0.1) is 0 Å². The van der Waals surface area contributed by atoms with Crippen LogP contribution in [0.3, 0.4) is 0 Å². The molecule has 0 spiro atoms. The number of nitrogens with two attached hydrogens (primary N) is 1. The third-order valence-electron chi connectivity index (χ3n) is 4.32. The predicted molar refractivity (Wildman–Crippen MR) is 70.9 cm³/mol. The highest BCUT2D eigenvalue weighted by Gasteiger charge is 2.41. The number of hydrogen-bond acceptors (Lipinski definition) is 2. The average Bonchev–Trinajstić information content (AvgIpc) is 3.12. The predicted octanol–water partition coefficient (Wildman–Crippen LogP) is 2.54. The fourth-order valence-corrected chi connectivity index (χ4v) is 3.09. The molecular formula is C15H21FN2. The molecule has 2 nitrogen and oxygen atoms in total. The summed E-state index contributed by atoms with van der Waals surface area (Å²) in [4.78, 5) is 0. The summed E-state index contributed by atoms with van der Waals surface area (Å²) >= 11 is 0. The number of hydrogen-bond donors (Lipinski definition) is 2. The van der Waals surface area contributed by atoms with Crippen LogP contribution in [0.15, 0.2) is 24.3 Å². The summed E-state index contributed by atoms with van der Waals surface area (Å²) in [6, 6.07) is 8.61. The third kappa shape index (κ3) is 2.57. The summed E-state index contributed by atoms with van der Waals surface area (Å²) < 4.78 is 13.6. The Hall–Kier alpha value is -0.930. The molecule has 0 amide bonds. The van der Waals surface area contributed by atoms with Crippen molar-refractivity contribution in [2.45, 2.75) is 56.1 Å². The van der Waals surface area contributed by atoms with Crippen LogP contribution in [0.2, 0.25) is 0 Å². The molecule has 1 aromatic carbocycles. The van der Waals surface area contributed by atoms with Gasteiger partial charge in [-0.1, -0.05) is 18.2 Å². The second kappa shape index (κ2) is 4.98. The Morgan fingerprint density at radius 2 is 1.83 bits per heavy atom. The van der Waals surface area contributed by atoms with E-state index < -0.39 is 0 Å². The highest BCUT2D eigenvalue weighted by atomic mass is 19.1. The van der Waals surface area contributed by atoms with Gasteiger partial charge in [-0.25, -0.2) is 4.39 Å². The first-order chi connectivity index (χ1) is 8.74. The normalized spacial score (nSPS) is 35.4. The van der Waals surface area contributed by atoms with Crippen LogP contribution in [-0.2, 0) is 0 Å². The number of benzene rings is 1. The average molecular weight is 248 g/mol. The maximum Gasteiger partial charge on any atom is 0.126 e. The maximum atomic E-state index is 13.6. The topological polar surface area (TPSA) is 38.0 Å². The van der Waals surface area contributed by atoms with Crippen molar-refractivity contribution in [3.8, 4) is 0 Å². The second-order valence-electron chi connectivity index (χ2n) is 5.75. The molecule has 18 heavy (non-hydrogen) atoms. The summed E-state index contributed by atoms with van der Waals surface area (Å²) in [5.74, 6) is 0.319. The molecule has 2 aliphatic rings. The zero-order valence-electron chi connectivity index (χ0n) is 10.6. The lowest BCUT2D eigenvalue weighted by molar-refractivity contribution is 0.339. The molecule has 3 N–H and O–H groups in total. The van der Waals surface area contributed by atoms with Gasteiger partial charge in [-0.15, -0.1) is 0 Å². The van der Waals surface area contributed by atoms with E-state index in [0.29, 0.717) is 24.0 Å². The van der Waals surface area contributed by atoms with Gasteiger partial charge < -0.3 is 11.1 Å². The SMILES string of the molecule is NC1CCC(N[C@H]2C[C@@H]2c2ccccc2F)CC1. The molecule has 3 rings (SSSR count). The van der Waals surface area contributed by atoms with Gasteiger partial charge in [0.25, 0.3) is 0 Å². The van der Waals surface area contributed by atoms with Crippen LogP contribution in [0.4, 0.5) is 4.39 Å². The molecule has 0 aliphatic heterocycles. The standard InChI is InChI=1S/C15H21FN2/c16-14-4-2-1-3-12(14)13-9-15(13)18-11-7-5-10(17)6-8-11/h1-4,10-11,13,15,18H,5-9,17H2/t10?,11?,13-,15+/m1/s1. The van der Waals surface area contributed by atoms with Crippen LogP contribution < -0.4 is 11.1 Å². The minimum atomic E-state index is -0.0579. The summed E-state index contributed by atoms with van der Waals surface area (Å²) in [6.07, 6.45) is 5.65. The van der Waals surface area contributed by atoms with Crippen LogP contribution in [0, 0.1) is 5.82 Å². The van der Waals surface area contributed by atoms with Gasteiger partial charge in [0.1, 0.15) is 5.82 Å². The van der Waals surface area contributed by atoms with Crippen LogP contribution in [-0.4, -0.2) is 18.1 Å². The molecule has 98 valence electrons. The van der Waals surface area contributed by atoms with Crippen molar-refractivity contribution >= 4 is 0 Å². The minimum absolute atomic E-state index is 0.0579. The third-order valence-corrected chi connectivity index (χ3v) is 4.32. The van der Waals surface area contributed by atoms with E-state index >= 15 is 0 Å². The number of halogens is 1. The molecule has 3 heteroatoms. The van der Waals surface area contributed by atoms with E-state index in [0.717, 1.165) is 24.8 Å². The molecule has 0 radical (unpaired) electrons. The fourth-order valence-electron chi connectivity index (χ4n) is 3.09. The van der Waals surface area contributed by atoms with Crippen LogP contribution in [0.25, 0.3) is 0 Å². The Labute approximate surface area is 108 Å². The lowest BCUT2D eigenvalue weighted by Crippen LogP contribution is -2.38. The Kier molecular flexibility index (Phi) is 3.35. The lowest BCUT2D eigenvalue weighted by atomic mass is 9.92. The summed E-state index contributed by atoms with van der Waals surface area (Å²) in [6.45, 7) is 0. The fraction of sp³-hybridized carbons (Fsp3) is 0.600. The number of nitrogens with one attached hydrogen (secondary N) is 1. The maximum absolute atomic E-state index is 13.6.